The summed E-state index contributed by atoms with van der Waals surface area (Å²) in [6, 6.07) is 3.48. The molecule has 6 heteroatoms. The molecule has 1 aromatic rings. The number of halogens is 2. The Bertz CT molecular complexity index is 472. The minimum absolute atomic E-state index is 0.161. The fraction of sp³-hybridized carbons (Fsp3) is 0.364. The molecule has 0 saturated heterocycles. The molecular weight excluding hydrogens is 305 g/mol. The number of hydrogen-bond acceptors (Lipinski definition) is 3. The Morgan fingerprint density at radius 2 is 2.41 bits per heavy atom. The van der Waals surface area contributed by atoms with Crippen LogP contribution >= 0.6 is 27.5 Å². The maximum atomic E-state index is 12.1. The first-order chi connectivity index (χ1) is 7.97. The minimum Gasteiger partial charge on any atom is -0.338 e. The molecule has 0 N–H and O–H groups in total. The average molecular weight is 317 g/mol. The molecule has 4 nitrogen and oxygen atoms in total. The lowest BCUT2D eigenvalue weighted by Crippen LogP contribution is -2.35. The van der Waals surface area contributed by atoms with Gasteiger partial charge in [-0.2, -0.15) is 5.26 Å². The van der Waals surface area contributed by atoms with Crippen LogP contribution in [0.25, 0.3) is 0 Å². The van der Waals surface area contributed by atoms with Gasteiger partial charge in [0, 0.05) is 23.8 Å². The molecule has 17 heavy (non-hydrogen) atoms. The van der Waals surface area contributed by atoms with Gasteiger partial charge in [0.2, 0.25) is 0 Å². The fourth-order valence-corrected chi connectivity index (χ4v) is 1.75. The SMILES string of the molecule is CC(CC#N)N(C)C(=O)c1cc(Br)cnc1Cl. The van der Waals surface area contributed by atoms with E-state index in [1.807, 2.05) is 6.07 Å². The van der Waals surface area contributed by atoms with Crippen molar-refractivity contribution in [2.75, 3.05) is 7.05 Å². The molecular formula is C11H11BrClN3O. The Morgan fingerprint density at radius 1 is 1.76 bits per heavy atom. The number of carbonyl (C=O) groups excluding carboxylic acids is 1. The average Bonchev–Trinajstić information content (AvgIpc) is 2.30. The molecule has 1 atom stereocenters. The molecule has 1 amide bonds. The first-order valence-electron chi connectivity index (χ1n) is 4.92. The van der Waals surface area contributed by atoms with Gasteiger partial charge in [0.05, 0.1) is 18.1 Å². The van der Waals surface area contributed by atoms with Crippen LogP contribution in [0.15, 0.2) is 16.7 Å². The molecule has 0 aliphatic rings. The smallest absolute Gasteiger partial charge is 0.257 e. The van der Waals surface area contributed by atoms with Crippen molar-refractivity contribution in [1.82, 2.24) is 9.88 Å². The number of nitriles is 1. The standard InChI is InChI=1S/C11H11BrClN3O/c1-7(3-4-14)16(2)11(17)9-5-8(12)6-15-10(9)13/h5-7H,3H2,1-2H3. The summed E-state index contributed by atoms with van der Waals surface area (Å²) in [4.78, 5) is 17.5. The first-order valence-corrected chi connectivity index (χ1v) is 6.09. The summed E-state index contributed by atoms with van der Waals surface area (Å²) in [5.41, 5.74) is 0.327. The Labute approximate surface area is 113 Å². The van der Waals surface area contributed by atoms with Crippen molar-refractivity contribution < 1.29 is 4.79 Å². The lowest BCUT2D eigenvalue weighted by molar-refractivity contribution is 0.0746. The molecule has 1 unspecified atom stereocenters. The highest BCUT2D eigenvalue weighted by atomic mass is 79.9. The van der Waals surface area contributed by atoms with E-state index in [1.165, 1.54) is 11.1 Å². The highest BCUT2D eigenvalue weighted by Crippen LogP contribution is 2.20. The topological polar surface area (TPSA) is 57.0 Å². The van der Waals surface area contributed by atoms with Crippen LogP contribution in [0, 0.1) is 11.3 Å². The molecule has 0 radical (unpaired) electrons. The van der Waals surface area contributed by atoms with Gasteiger partial charge in [0.25, 0.3) is 5.91 Å². The molecule has 1 rings (SSSR count). The second kappa shape index (κ2) is 5.99. The molecule has 1 aromatic heterocycles. The van der Waals surface area contributed by atoms with Crippen molar-refractivity contribution in [2.24, 2.45) is 0 Å². The molecule has 0 aromatic carbocycles. The summed E-state index contributed by atoms with van der Waals surface area (Å²) in [7, 11) is 1.64. The van der Waals surface area contributed by atoms with Crippen LogP contribution in [0.2, 0.25) is 5.15 Å². The third kappa shape index (κ3) is 3.42. The van der Waals surface area contributed by atoms with E-state index in [4.69, 9.17) is 16.9 Å². The summed E-state index contributed by atoms with van der Waals surface area (Å²) in [6.45, 7) is 1.81. The van der Waals surface area contributed by atoms with Crippen LogP contribution < -0.4 is 0 Å². The van der Waals surface area contributed by atoms with Gasteiger partial charge in [-0.15, -0.1) is 0 Å². The minimum atomic E-state index is -0.244. The second-order valence-corrected chi connectivity index (χ2v) is 4.89. The van der Waals surface area contributed by atoms with Crippen LogP contribution in [-0.4, -0.2) is 28.9 Å². The number of pyridine rings is 1. The largest absolute Gasteiger partial charge is 0.338 e. The van der Waals surface area contributed by atoms with E-state index in [0.29, 0.717) is 10.0 Å². The van der Waals surface area contributed by atoms with Crippen LogP contribution in [0.5, 0.6) is 0 Å². The van der Waals surface area contributed by atoms with Gasteiger partial charge in [0.1, 0.15) is 5.15 Å². The van der Waals surface area contributed by atoms with Gasteiger partial charge >= 0.3 is 0 Å². The number of hydrogen-bond donors (Lipinski definition) is 0. The van der Waals surface area contributed by atoms with E-state index in [1.54, 1.807) is 20.0 Å². The Morgan fingerprint density at radius 3 is 3.00 bits per heavy atom. The third-order valence-corrected chi connectivity index (χ3v) is 3.14. The van der Waals surface area contributed by atoms with Gasteiger partial charge < -0.3 is 4.90 Å². The first kappa shape index (κ1) is 13.9. The van der Waals surface area contributed by atoms with E-state index < -0.39 is 0 Å². The third-order valence-electron chi connectivity index (χ3n) is 2.40. The van der Waals surface area contributed by atoms with Gasteiger partial charge in [-0.05, 0) is 28.9 Å². The van der Waals surface area contributed by atoms with E-state index in [9.17, 15) is 4.79 Å². The maximum Gasteiger partial charge on any atom is 0.257 e. The van der Waals surface area contributed by atoms with Crippen LogP contribution in [0.4, 0.5) is 0 Å². The summed E-state index contributed by atoms with van der Waals surface area (Å²) in [5, 5.41) is 8.76. The molecule has 0 saturated carbocycles. The Balaban J connectivity index is 2.96. The molecule has 0 spiro atoms. The lowest BCUT2D eigenvalue weighted by atomic mass is 10.2. The van der Waals surface area contributed by atoms with Crippen molar-refractivity contribution in [1.29, 1.82) is 5.26 Å². The maximum absolute atomic E-state index is 12.1. The number of nitrogens with zero attached hydrogens (tertiary/aromatic N) is 3. The molecule has 0 aliphatic carbocycles. The predicted molar refractivity (Wildman–Crippen MR) is 68.7 cm³/mol. The molecule has 90 valence electrons. The van der Waals surface area contributed by atoms with Gasteiger partial charge in [-0.1, -0.05) is 11.6 Å². The molecule has 0 bridgehead atoms. The van der Waals surface area contributed by atoms with Gasteiger partial charge in [0.15, 0.2) is 0 Å². The summed E-state index contributed by atoms with van der Waals surface area (Å²) in [6.07, 6.45) is 1.80. The van der Waals surface area contributed by atoms with E-state index in [0.717, 1.165) is 0 Å². The Hall–Kier alpha value is -1.12. The Kier molecular flexibility index (Phi) is 4.91. The normalized spacial score (nSPS) is 11.7. The van der Waals surface area contributed by atoms with Crippen LogP contribution in [0.1, 0.15) is 23.7 Å². The summed E-state index contributed by atoms with van der Waals surface area (Å²) < 4.78 is 0.687. The lowest BCUT2D eigenvalue weighted by Gasteiger charge is -2.23. The predicted octanol–water partition coefficient (Wildman–Crippen LogP) is 2.87. The zero-order chi connectivity index (χ0) is 13.0. The molecule has 1 heterocycles. The molecule has 0 aliphatic heterocycles. The van der Waals surface area contributed by atoms with Crippen molar-refractivity contribution in [3.63, 3.8) is 0 Å². The van der Waals surface area contributed by atoms with E-state index in [2.05, 4.69) is 20.9 Å². The van der Waals surface area contributed by atoms with Gasteiger partial charge in [-0.3, -0.25) is 4.79 Å². The van der Waals surface area contributed by atoms with Crippen molar-refractivity contribution in [3.05, 3.63) is 27.5 Å². The van der Waals surface area contributed by atoms with Crippen molar-refractivity contribution >= 4 is 33.4 Å². The molecule has 0 fully saturated rings. The van der Waals surface area contributed by atoms with Crippen molar-refractivity contribution in [3.8, 4) is 6.07 Å². The number of rotatable bonds is 3. The van der Waals surface area contributed by atoms with Gasteiger partial charge in [-0.25, -0.2) is 4.98 Å². The zero-order valence-corrected chi connectivity index (χ0v) is 11.8. The van der Waals surface area contributed by atoms with Crippen LogP contribution in [-0.2, 0) is 0 Å². The van der Waals surface area contributed by atoms with E-state index >= 15 is 0 Å². The second-order valence-electron chi connectivity index (χ2n) is 3.62. The number of carbonyl (C=O) groups is 1. The van der Waals surface area contributed by atoms with E-state index in [-0.39, 0.29) is 23.5 Å². The number of amides is 1. The summed E-state index contributed by atoms with van der Waals surface area (Å²) >= 11 is 9.11. The fourth-order valence-electron chi connectivity index (χ4n) is 1.23. The monoisotopic (exact) mass is 315 g/mol. The number of aromatic nitrogens is 1. The highest BCUT2D eigenvalue weighted by molar-refractivity contribution is 9.10. The summed E-state index contributed by atoms with van der Waals surface area (Å²) in [5.74, 6) is -0.244. The quantitative estimate of drug-likeness (QED) is 0.806. The van der Waals surface area contributed by atoms with Crippen molar-refractivity contribution in [2.45, 2.75) is 19.4 Å². The van der Waals surface area contributed by atoms with Crippen LogP contribution in [0.3, 0.4) is 0 Å². The zero-order valence-electron chi connectivity index (χ0n) is 9.44. The highest BCUT2D eigenvalue weighted by Gasteiger charge is 2.20.